The Morgan fingerprint density at radius 3 is 2.78 bits per heavy atom. The first-order valence-electron chi connectivity index (χ1n) is 5.87. The largest absolute Gasteiger partial charge is 0.364 e. The Bertz CT molecular complexity index is 549. The van der Waals surface area contributed by atoms with Gasteiger partial charge in [0.1, 0.15) is 11.8 Å². The summed E-state index contributed by atoms with van der Waals surface area (Å²) in [5.74, 6) is -0.000562. The van der Waals surface area contributed by atoms with E-state index in [9.17, 15) is 13.2 Å². The normalized spacial score (nSPS) is 22.0. The molecule has 0 saturated carbocycles. The summed E-state index contributed by atoms with van der Waals surface area (Å²) in [5.41, 5.74) is 0.931. The minimum absolute atomic E-state index is 0.0525. The van der Waals surface area contributed by atoms with Crippen LogP contribution in [0.4, 0.5) is 0 Å². The van der Waals surface area contributed by atoms with Gasteiger partial charge in [-0.1, -0.05) is 5.16 Å². The Balaban J connectivity index is 2.20. The summed E-state index contributed by atoms with van der Waals surface area (Å²) >= 11 is 0. The van der Waals surface area contributed by atoms with E-state index in [2.05, 4.69) is 5.16 Å². The van der Waals surface area contributed by atoms with Crippen molar-refractivity contribution < 1.29 is 17.7 Å². The van der Waals surface area contributed by atoms with E-state index in [1.54, 1.807) is 11.8 Å². The van der Waals surface area contributed by atoms with Crippen LogP contribution < -0.4 is 0 Å². The molecule has 1 aliphatic heterocycles. The highest BCUT2D eigenvalue weighted by molar-refractivity contribution is 7.91. The third-order valence-corrected chi connectivity index (χ3v) is 4.98. The van der Waals surface area contributed by atoms with Gasteiger partial charge in [-0.05, 0) is 20.3 Å². The van der Waals surface area contributed by atoms with Crippen molar-refractivity contribution in [2.24, 2.45) is 0 Å². The third kappa shape index (κ3) is 2.40. The van der Waals surface area contributed by atoms with Gasteiger partial charge in [0, 0.05) is 12.6 Å². The van der Waals surface area contributed by atoms with Gasteiger partial charge >= 0.3 is 0 Å². The number of sulfone groups is 1. The monoisotopic (exact) mass is 272 g/mol. The molecule has 0 aromatic carbocycles. The molecule has 0 bridgehead atoms. The molecule has 1 saturated heterocycles. The predicted molar refractivity (Wildman–Crippen MR) is 65.0 cm³/mol. The van der Waals surface area contributed by atoms with Crippen LogP contribution in [-0.2, 0) is 9.84 Å². The third-order valence-electron chi connectivity index (χ3n) is 3.23. The van der Waals surface area contributed by atoms with E-state index in [1.165, 1.54) is 6.26 Å². The SMILES string of the molecule is CCN(C(=O)c1conc1C)C1CCS(=O)(=O)C1. The molecule has 0 spiro atoms. The number of hydrogen-bond acceptors (Lipinski definition) is 5. The van der Waals surface area contributed by atoms with E-state index < -0.39 is 9.84 Å². The van der Waals surface area contributed by atoms with E-state index in [4.69, 9.17) is 4.52 Å². The number of carbonyl (C=O) groups excluding carboxylic acids is 1. The van der Waals surface area contributed by atoms with E-state index in [0.29, 0.717) is 24.2 Å². The molecule has 1 aromatic heterocycles. The molecule has 1 atom stereocenters. The summed E-state index contributed by atoms with van der Waals surface area (Å²) in [5, 5.41) is 3.67. The predicted octanol–water partition coefficient (Wildman–Crippen LogP) is 0.632. The quantitative estimate of drug-likeness (QED) is 0.806. The van der Waals surface area contributed by atoms with Gasteiger partial charge in [-0.2, -0.15) is 0 Å². The molecule has 100 valence electrons. The van der Waals surface area contributed by atoms with Gasteiger partial charge in [0.15, 0.2) is 9.84 Å². The summed E-state index contributed by atoms with van der Waals surface area (Å²) in [6, 6.07) is -0.234. The van der Waals surface area contributed by atoms with Gasteiger partial charge in [-0.25, -0.2) is 8.42 Å². The lowest BCUT2D eigenvalue weighted by Crippen LogP contribution is -2.41. The molecule has 7 heteroatoms. The summed E-state index contributed by atoms with van der Waals surface area (Å²) in [6.07, 6.45) is 1.82. The first-order chi connectivity index (χ1) is 8.44. The van der Waals surface area contributed by atoms with Gasteiger partial charge in [0.25, 0.3) is 5.91 Å². The van der Waals surface area contributed by atoms with E-state index in [1.807, 2.05) is 6.92 Å². The molecule has 1 aromatic rings. The number of carbonyl (C=O) groups is 1. The molecule has 2 heterocycles. The van der Waals surface area contributed by atoms with Gasteiger partial charge in [-0.3, -0.25) is 4.79 Å². The molecule has 1 aliphatic rings. The molecule has 1 fully saturated rings. The van der Waals surface area contributed by atoms with Crippen molar-refractivity contribution in [1.29, 1.82) is 0 Å². The Morgan fingerprint density at radius 1 is 1.61 bits per heavy atom. The fourth-order valence-corrected chi connectivity index (χ4v) is 3.97. The fourth-order valence-electron chi connectivity index (χ4n) is 2.24. The standard InChI is InChI=1S/C11H16N2O4S/c1-3-13(9-4-5-18(15,16)7-9)11(14)10-6-17-12-8(10)2/h6,9H,3-5,7H2,1-2H3. The fraction of sp³-hybridized carbons (Fsp3) is 0.636. The Kier molecular flexibility index (Phi) is 3.43. The minimum Gasteiger partial charge on any atom is -0.364 e. The summed E-state index contributed by atoms with van der Waals surface area (Å²) in [7, 11) is -3.00. The lowest BCUT2D eigenvalue weighted by molar-refractivity contribution is 0.0707. The number of hydrogen-bond donors (Lipinski definition) is 0. The molecule has 1 amide bonds. The second kappa shape index (κ2) is 4.72. The Morgan fingerprint density at radius 2 is 2.33 bits per heavy atom. The van der Waals surface area contributed by atoms with Crippen LogP contribution in [0.25, 0.3) is 0 Å². The topological polar surface area (TPSA) is 80.5 Å². The second-order valence-corrected chi connectivity index (χ2v) is 6.69. The van der Waals surface area contributed by atoms with Crippen LogP contribution in [0.5, 0.6) is 0 Å². The maximum Gasteiger partial charge on any atom is 0.259 e. The highest BCUT2D eigenvalue weighted by Crippen LogP contribution is 2.20. The average Bonchev–Trinajstić information content (AvgIpc) is 2.86. The molecule has 0 aliphatic carbocycles. The molecule has 1 unspecified atom stereocenters. The molecule has 0 N–H and O–H groups in total. The summed E-state index contributed by atoms with van der Waals surface area (Å²) < 4.78 is 27.7. The van der Waals surface area contributed by atoms with Gasteiger partial charge < -0.3 is 9.42 Å². The van der Waals surface area contributed by atoms with E-state index in [0.717, 1.165) is 0 Å². The zero-order valence-corrected chi connectivity index (χ0v) is 11.2. The van der Waals surface area contributed by atoms with Crippen LogP contribution in [0.3, 0.4) is 0 Å². The Hall–Kier alpha value is -1.37. The van der Waals surface area contributed by atoms with Crippen LogP contribution in [0.1, 0.15) is 29.4 Å². The van der Waals surface area contributed by atoms with Gasteiger partial charge in [-0.15, -0.1) is 0 Å². The molecular weight excluding hydrogens is 256 g/mol. The smallest absolute Gasteiger partial charge is 0.259 e. The highest BCUT2D eigenvalue weighted by atomic mass is 32.2. The maximum absolute atomic E-state index is 12.3. The molecule has 6 nitrogen and oxygen atoms in total. The number of amides is 1. The second-order valence-electron chi connectivity index (χ2n) is 4.46. The van der Waals surface area contributed by atoms with Crippen LogP contribution in [0, 0.1) is 6.92 Å². The summed E-state index contributed by atoms with van der Waals surface area (Å²) in [6.45, 7) is 4.01. The van der Waals surface area contributed by atoms with Crippen molar-refractivity contribution in [2.75, 3.05) is 18.1 Å². The zero-order valence-electron chi connectivity index (χ0n) is 10.4. The maximum atomic E-state index is 12.3. The average molecular weight is 272 g/mol. The number of aryl methyl sites for hydroxylation is 1. The minimum atomic E-state index is -3.00. The number of nitrogens with zero attached hydrogens (tertiary/aromatic N) is 2. The van der Waals surface area contributed by atoms with Crippen LogP contribution in [0.2, 0.25) is 0 Å². The molecule has 0 radical (unpaired) electrons. The van der Waals surface area contributed by atoms with E-state index >= 15 is 0 Å². The van der Waals surface area contributed by atoms with Crippen molar-refractivity contribution in [3.05, 3.63) is 17.5 Å². The van der Waals surface area contributed by atoms with Crippen LogP contribution in [0.15, 0.2) is 10.8 Å². The Labute approximate surface area is 106 Å². The summed E-state index contributed by atoms with van der Waals surface area (Å²) in [4.78, 5) is 13.9. The van der Waals surface area contributed by atoms with Crippen molar-refractivity contribution >= 4 is 15.7 Å². The van der Waals surface area contributed by atoms with Gasteiger partial charge in [0.2, 0.25) is 0 Å². The van der Waals surface area contributed by atoms with Crippen molar-refractivity contribution in [1.82, 2.24) is 10.1 Å². The highest BCUT2D eigenvalue weighted by Gasteiger charge is 2.35. The first-order valence-corrected chi connectivity index (χ1v) is 7.69. The van der Waals surface area contributed by atoms with Gasteiger partial charge in [0.05, 0.1) is 17.2 Å². The molecule has 2 rings (SSSR count). The lowest BCUT2D eigenvalue weighted by Gasteiger charge is -2.26. The van der Waals surface area contributed by atoms with Crippen molar-refractivity contribution in [3.8, 4) is 0 Å². The van der Waals surface area contributed by atoms with E-state index in [-0.39, 0.29) is 23.5 Å². The van der Waals surface area contributed by atoms with Crippen molar-refractivity contribution in [3.63, 3.8) is 0 Å². The molecular formula is C11H16N2O4S. The zero-order chi connectivity index (χ0) is 13.3. The van der Waals surface area contributed by atoms with Crippen molar-refractivity contribution in [2.45, 2.75) is 26.3 Å². The van der Waals surface area contributed by atoms with Crippen LogP contribution in [-0.4, -0.2) is 48.5 Å². The lowest BCUT2D eigenvalue weighted by atomic mass is 10.1. The molecule has 18 heavy (non-hydrogen) atoms. The first kappa shape index (κ1) is 13.1. The van der Waals surface area contributed by atoms with Crippen LogP contribution >= 0.6 is 0 Å². The number of aromatic nitrogens is 1. The number of rotatable bonds is 3.